The molecule has 34 heavy (non-hydrogen) atoms. The molecule has 0 fully saturated rings. The van der Waals surface area contributed by atoms with Crippen LogP contribution in [-0.2, 0) is 23.3 Å². The van der Waals surface area contributed by atoms with Gasteiger partial charge in [-0.05, 0) is 29.2 Å². The first-order valence-corrected chi connectivity index (χ1v) is 12.3. The normalized spacial score (nSPS) is 12.4. The molecule has 0 aliphatic carbocycles. The number of anilines is 1. The number of benzene rings is 2. The van der Waals surface area contributed by atoms with E-state index >= 15 is 0 Å². The number of thiazole rings is 1. The maximum atomic E-state index is 12.6. The first kappa shape index (κ1) is 25.4. The number of aromatic nitrogens is 1. The van der Waals surface area contributed by atoms with E-state index in [2.05, 4.69) is 48.5 Å². The number of aliphatic carboxylic acids is 1. The summed E-state index contributed by atoms with van der Waals surface area (Å²) in [6, 6.07) is 16.7. The summed E-state index contributed by atoms with van der Waals surface area (Å²) in [5.74, 6) is -1.62. The SMILES string of the molecule is CC(C)C(NC(=O)c1ccc(CN(Cc2ccccc2)c2nc(C(C)(C)C)cs2)cc1)C(=O)O. The Balaban J connectivity index is 1.79. The predicted octanol–water partition coefficient (Wildman–Crippen LogP) is 5.49. The lowest BCUT2D eigenvalue weighted by atomic mass is 9.93. The number of nitrogens with one attached hydrogen (secondary N) is 1. The van der Waals surface area contributed by atoms with Crippen molar-refractivity contribution in [1.29, 1.82) is 0 Å². The van der Waals surface area contributed by atoms with E-state index in [1.165, 1.54) is 5.56 Å². The molecule has 1 atom stereocenters. The molecule has 1 heterocycles. The van der Waals surface area contributed by atoms with Gasteiger partial charge in [0.1, 0.15) is 6.04 Å². The summed E-state index contributed by atoms with van der Waals surface area (Å²) in [5.41, 5.74) is 3.72. The van der Waals surface area contributed by atoms with E-state index in [9.17, 15) is 14.7 Å². The Labute approximate surface area is 205 Å². The molecule has 6 nitrogen and oxygen atoms in total. The minimum atomic E-state index is -1.03. The van der Waals surface area contributed by atoms with Crippen LogP contribution in [0.25, 0.3) is 0 Å². The van der Waals surface area contributed by atoms with Crippen LogP contribution in [0.15, 0.2) is 60.0 Å². The van der Waals surface area contributed by atoms with Crippen molar-refractivity contribution in [3.05, 3.63) is 82.4 Å². The number of hydrogen-bond donors (Lipinski definition) is 2. The Morgan fingerprint density at radius 2 is 1.59 bits per heavy atom. The van der Waals surface area contributed by atoms with Crippen molar-refractivity contribution < 1.29 is 14.7 Å². The van der Waals surface area contributed by atoms with Gasteiger partial charge < -0.3 is 15.3 Å². The highest BCUT2D eigenvalue weighted by Crippen LogP contribution is 2.30. The molecular formula is C27H33N3O3S. The van der Waals surface area contributed by atoms with Gasteiger partial charge in [-0.1, -0.05) is 77.1 Å². The lowest BCUT2D eigenvalue weighted by Gasteiger charge is -2.23. The number of carboxylic acid groups (broad SMARTS) is 1. The molecule has 1 amide bonds. The van der Waals surface area contributed by atoms with Gasteiger partial charge in [0.15, 0.2) is 5.13 Å². The summed E-state index contributed by atoms with van der Waals surface area (Å²) in [6.07, 6.45) is 0. The van der Waals surface area contributed by atoms with Gasteiger partial charge in [-0.15, -0.1) is 11.3 Å². The molecule has 1 unspecified atom stereocenters. The summed E-state index contributed by atoms with van der Waals surface area (Å²) in [4.78, 5) is 31.1. The van der Waals surface area contributed by atoms with Gasteiger partial charge in [0, 0.05) is 29.4 Å². The standard InChI is InChI=1S/C27H33N3O3S/c1-18(2)23(25(32)33)29-24(31)21-13-11-20(12-14-21)16-30(15-19-9-7-6-8-10-19)26-28-22(17-34-26)27(3,4)5/h6-14,17-18,23H,15-16H2,1-5H3,(H,29,31)(H,32,33). The molecule has 0 saturated heterocycles. The topological polar surface area (TPSA) is 82.5 Å². The molecule has 180 valence electrons. The largest absolute Gasteiger partial charge is 0.480 e. The molecule has 2 N–H and O–H groups in total. The number of hydrogen-bond acceptors (Lipinski definition) is 5. The summed E-state index contributed by atoms with van der Waals surface area (Å²) in [7, 11) is 0. The number of carboxylic acids is 1. The van der Waals surface area contributed by atoms with Crippen LogP contribution in [0.3, 0.4) is 0 Å². The number of nitrogens with zero attached hydrogens (tertiary/aromatic N) is 2. The maximum Gasteiger partial charge on any atom is 0.326 e. The zero-order chi connectivity index (χ0) is 24.9. The smallest absolute Gasteiger partial charge is 0.326 e. The minimum Gasteiger partial charge on any atom is -0.480 e. The van der Waals surface area contributed by atoms with Gasteiger partial charge in [0.05, 0.1) is 5.69 Å². The lowest BCUT2D eigenvalue weighted by molar-refractivity contribution is -0.140. The fraction of sp³-hybridized carbons (Fsp3) is 0.370. The van der Waals surface area contributed by atoms with E-state index in [1.807, 2.05) is 30.3 Å². The highest BCUT2D eigenvalue weighted by atomic mass is 32.1. The molecule has 0 aliphatic rings. The van der Waals surface area contributed by atoms with Gasteiger partial charge in [-0.25, -0.2) is 9.78 Å². The average Bonchev–Trinajstić information content (AvgIpc) is 3.28. The number of amides is 1. The highest BCUT2D eigenvalue weighted by molar-refractivity contribution is 7.13. The summed E-state index contributed by atoms with van der Waals surface area (Å²) >= 11 is 1.64. The first-order valence-electron chi connectivity index (χ1n) is 11.4. The molecule has 1 aromatic heterocycles. The average molecular weight is 480 g/mol. The molecular weight excluding hydrogens is 446 g/mol. The summed E-state index contributed by atoms with van der Waals surface area (Å²) < 4.78 is 0. The van der Waals surface area contributed by atoms with Crippen LogP contribution in [-0.4, -0.2) is 28.0 Å². The highest BCUT2D eigenvalue weighted by Gasteiger charge is 2.24. The number of carbonyl (C=O) groups excluding carboxylic acids is 1. The lowest BCUT2D eigenvalue weighted by Crippen LogP contribution is -2.44. The number of rotatable bonds is 9. The van der Waals surface area contributed by atoms with Crippen LogP contribution in [0.2, 0.25) is 0 Å². The first-order chi connectivity index (χ1) is 16.0. The van der Waals surface area contributed by atoms with Crippen molar-refractivity contribution >= 4 is 28.3 Å². The van der Waals surface area contributed by atoms with Crippen molar-refractivity contribution in [1.82, 2.24) is 10.3 Å². The molecule has 0 radical (unpaired) electrons. The zero-order valence-electron chi connectivity index (χ0n) is 20.4. The Morgan fingerprint density at radius 1 is 1.00 bits per heavy atom. The third-order valence-electron chi connectivity index (χ3n) is 5.56. The van der Waals surface area contributed by atoms with Crippen molar-refractivity contribution in [2.45, 2.75) is 59.2 Å². The van der Waals surface area contributed by atoms with Crippen LogP contribution >= 0.6 is 11.3 Å². The third-order valence-corrected chi connectivity index (χ3v) is 6.46. The van der Waals surface area contributed by atoms with Crippen LogP contribution in [0.5, 0.6) is 0 Å². The van der Waals surface area contributed by atoms with Crippen LogP contribution in [0.1, 0.15) is 61.8 Å². The van der Waals surface area contributed by atoms with E-state index in [1.54, 1.807) is 37.3 Å². The molecule has 0 spiro atoms. The van der Waals surface area contributed by atoms with E-state index in [4.69, 9.17) is 4.98 Å². The molecule has 7 heteroatoms. The molecule has 0 bridgehead atoms. The Hall–Kier alpha value is -3.19. The molecule has 3 aromatic rings. The molecule has 0 saturated carbocycles. The third kappa shape index (κ3) is 6.67. The zero-order valence-corrected chi connectivity index (χ0v) is 21.2. The fourth-order valence-corrected chi connectivity index (χ4v) is 4.52. The van der Waals surface area contributed by atoms with Gasteiger partial charge in [0.25, 0.3) is 5.91 Å². The Kier molecular flexibility index (Phi) is 8.10. The Morgan fingerprint density at radius 3 is 2.09 bits per heavy atom. The summed E-state index contributed by atoms with van der Waals surface area (Å²) in [6.45, 7) is 11.4. The predicted molar refractivity (Wildman–Crippen MR) is 137 cm³/mol. The van der Waals surface area contributed by atoms with Gasteiger partial charge in [-0.3, -0.25) is 4.79 Å². The second-order valence-electron chi connectivity index (χ2n) is 9.84. The molecule has 0 aliphatic heterocycles. The van der Waals surface area contributed by atoms with Gasteiger partial charge >= 0.3 is 5.97 Å². The van der Waals surface area contributed by atoms with Crippen molar-refractivity contribution in [2.24, 2.45) is 5.92 Å². The fourth-order valence-electron chi connectivity index (χ4n) is 3.47. The Bertz CT molecular complexity index is 1100. The summed E-state index contributed by atoms with van der Waals surface area (Å²) in [5, 5.41) is 15.0. The second kappa shape index (κ2) is 10.8. The minimum absolute atomic E-state index is 0.0219. The van der Waals surface area contributed by atoms with Crippen LogP contribution in [0.4, 0.5) is 5.13 Å². The van der Waals surface area contributed by atoms with Crippen LogP contribution < -0.4 is 10.2 Å². The number of carbonyl (C=O) groups is 2. The van der Waals surface area contributed by atoms with Crippen molar-refractivity contribution in [2.75, 3.05) is 4.90 Å². The van der Waals surface area contributed by atoms with E-state index in [0.29, 0.717) is 12.1 Å². The van der Waals surface area contributed by atoms with E-state index in [0.717, 1.165) is 22.9 Å². The quantitative estimate of drug-likeness (QED) is 0.424. The maximum absolute atomic E-state index is 12.6. The van der Waals surface area contributed by atoms with E-state index in [-0.39, 0.29) is 17.2 Å². The molecule has 3 rings (SSSR count). The van der Waals surface area contributed by atoms with Gasteiger partial charge in [-0.2, -0.15) is 0 Å². The van der Waals surface area contributed by atoms with Gasteiger partial charge in [0.2, 0.25) is 0 Å². The van der Waals surface area contributed by atoms with E-state index < -0.39 is 12.0 Å². The second-order valence-corrected chi connectivity index (χ2v) is 10.7. The van der Waals surface area contributed by atoms with Crippen molar-refractivity contribution in [3.8, 4) is 0 Å². The van der Waals surface area contributed by atoms with Crippen LogP contribution in [0, 0.1) is 5.92 Å². The monoisotopic (exact) mass is 479 g/mol. The molecule has 2 aromatic carbocycles. The van der Waals surface area contributed by atoms with Crippen molar-refractivity contribution in [3.63, 3.8) is 0 Å².